The average molecular weight is 441 g/mol. The van der Waals surface area contributed by atoms with Gasteiger partial charge in [0, 0.05) is 6.07 Å². The van der Waals surface area contributed by atoms with Crippen molar-refractivity contribution in [3.05, 3.63) is 93.5 Å². The molecule has 31 heavy (non-hydrogen) atoms. The summed E-state index contributed by atoms with van der Waals surface area (Å²) in [7, 11) is -2.47. The number of hydrogen-bond acceptors (Lipinski definition) is 7. The summed E-state index contributed by atoms with van der Waals surface area (Å²) in [6.45, 7) is 1.85. The minimum Gasteiger partial charge on any atom is -0.482 e. The lowest BCUT2D eigenvalue weighted by Crippen LogP contribution is -2.05. The molecule has 3 aromatic carbocycles. The molecule has 0 heterocycles. The molecule has 0 saturated carbocycles. The van der Waals surface area contributed by atoms with Gasteiger partial charge in [0.25, 0.3) is 0 Å². The molecule has 0 fully saturated rings. The summed E-state index contributed by atoms with van der Waals surface area (Å²) in [5, 5.41) is 11.3. The molecule has 0 N–H and O–H groups in total. The molecule has 0 aliphatic heterocycles. The van der Waals surface area contributed by atoms with E-state index in [9.17, 15) is 23.3 Å². The standard InChI is InChI=1S/C22H19NO7S/c1-15-3-8-18(9-4-15)31(27,28)19-10-5-16(6-11-19)14-30-21-12-7-17(22(24)29-2)13-20(21)23(25)26/h3-13H,14H2,1-2H3. The van der Waals surface area contributed by atoms with Crippen molar-refractivity contribution in [2.45, 2.75) is 23.3 Å². The van der Waals surface area contributed by atoms with Crippen molar-refractivity contribution in [1.82, 2.24) is 0 Å². The predicted molar refractivity (Wildman–Crippen MR) is 112 cm³/mol. The summed E-state index contributed by atoms with van der Waals surface area (Å²) >= 11 is 0. The van der Waals surface area contributed by atoms with E-state index < -0.39 is 20.7 Å². The van der Waals surface area contributed by atoms with Gasteiger partial charge in [-0.1, -0.05) is 29.8 Å². The van der Waals surface area contributed by atoms with Crippen molar-refractivity contribution < 1.29 is 27.6 Å². The van der Waals surface area contributed by atoms with Gasteiger partial charge in [-0.25, -0.2) is 13.2 Å². The van der Waals surface area contributed by atoms with Crippen LogP contribution in [-0.2, 0) is 21.2 Å². The van der Waals surface area contributed by atoms with E-state index in [1.165, 1.54) is 31.4 Å². The van der Waals surface area contributed by atoms with Gasteiger partial charge in [-0.2, -0.15) is 0 Å². The molecule has 0 spiro atoms. The largest absolute Gasteiger partial charge is 0.482 e. The van der Waals surface area contributed by atoms with E-state index in [-0.39, 0.29) is 33.4 Å². The van der Waals surface area contributed by atoms with Gasteiger partial charge in [-0.3, -0.25) is 10.1 Å². The number of carbonyl (C=O) groups excluding carboxylic acids is 1. The van der Waals surface area contributed by atoms with E-state index in [1.54, 1.807) is 36.4 Å². The first kappa shape index (κ1) is 22.0. The normalized spacial score (nSPS) is 11.0. The number of nitrogens with zero attached hydrogens (tertiary/aromatic N) is 1. The van der Waals surface area contributed by atoms with Crippen LogP contribution in [0.3, 0.4) is 0 Å². The number of hydrogen-bond donors (Lipinski definition) is 0. The summed E-state index contributed by atoms with van der Waals surface area (Å²) in [4.78, 5) is 22.6. The first-order chi connectivity index (χ1) is 14.7. The number of aryl methyl sites for hydroxylation is 1. The van der Waals surface area contributed by atoms with Crippen LogP contribution in [0.25, 0.3) is 0 Å². The van der Waals surface area contributed by atoms with E-state index in [2.05, 4.69) is 4.74 Å². The molecule has 0 aliphatic carbocycles. The summed E-state index contributed by atoms with van der Waals surface area (Å²) in [5.41, 5.74) is 1.24. The highest BCUT2D eigenvalue weighted by Gasteiger charge is 2.20. The van der Waals surface area contributed by atoms with E-state index >= 15 is 0 Å². The number of carbonyl (C=O) groups is 1. The van der Waals surface area contributed by atoms with Crippen LogP contribution in [0.4, 0.5) is 5.69 Å². The van der Waals surface area contributed by atoms with E-state index in [4.69, 9.17) is 4.74 Å². The average Bonchev–Trinajstić information content (AvgIpc) is 2.77. The Morgan fingerprint density at radius 3 is 2.10 bits per heavy atom. The van der Waals surface area contributed by atoms with Crippen LogP contribution in [0.1, 0.15) is 21.5 Å². The van der Waals surface area contributed by atoms with Gasteiger partial charge in [0.2, 0.25) is 9.84 Å². The highest BCUT2D eigenvalue weighted by atomic mass is 32.2. The van der Waals surface area contributed by atoms with Crippen LogP contribution in [-0.4, -0.2) is 26.4 Å². The lowest BCUT2D eigenvalue weighted by atomic mass is 10.2. The number of benzene rings is 3. The third-order valence-electron chi connectivity index (χ3n) is 4.54. The molecule has 9 heteroatoms. The van der Waals surface area contributed by atoms with Crippen LogP contribution >= 0.6 is 0 Å². The summed E-state index contributed by atoms with van der Waals surface area (Å²) in [6.07, 6.45) is 0. The van der Waals surface area contributed by atoms with Gasteiger partial charge in [0.05, 0.1) is 27.4 Å². The Morgan fingerprint density at radius 1 is 0.968 bits per heavy atom. The van der Waals surface area contributed by atoms with Crippen LogP contribution in [0, 0.1) is 17.0 Å². The van der Waals surface area contributed by atoms with Crippen molar-refractivity contribution in [3.8, 4) is 5.75 Å². The highest BCUT2D eigenvalue weighted by molar-refractivity contribution is 7.91. The third-order valence-corrected chi connectivity index (χ3v) is 6.32. The summed E-state index contributed by atoms with van der Waals surface area (Å²) in [6, 6.07) is 16.4. The Bertz CT molecular complexity index is 1220. The molecule has 0 atom stereocenters. The van der Waals surface area contributed by atoms with Gasteiger partial charge >= 0.3 is 11.7 Å². The number of ether oxygens (including phenoxy) is 2. The van der Waals surface area contributed by atoms with Crippen LogP contribution < -0.4 is 4.74 Å². The summed E-state index contributed by atoms with van der Waals surface area (Å²) in [5.74, 6) is -0.714. The Labute approximate surface area is 179 Å². The molecule has 3 rings (SSSR count). The van der Waals surface area contributed by atoms with Crippen LogP contribution in [0.15, 0.2) is 76.5 Å². The SMILES string of the molecule is COC(=O)c1ccc(OCc2ccc(S(=O)(=O)c3ccc(C)cc3)cc2)c([N+](=O)[O-])c1. The molecule has 0 amide bonds. The van der Waals surface area contributed by atoms with E-state index in [0.717, 1.165) is 11.6 Å². The first-order valence-electron chi connectivity index (χ1n) is 9.12. The van der Waals surface area contributed by atoms with Gasteiger partial charge in [0.15, 0.2) is 5.75 Å². The summed E-state index contributed by atoms with van der Waals surface area (Å²) < 4.78 is 35.5. The molecule has 0 saturated heterocycles. The highest BCUT2D eigenvalue weighted by Crippen LogP contribution is 2.29. The Hall–Kier alpha value is -3.72. The topological polar surface area (TPSA) is 113 Å². The monoisotopic (exact) mass is 441 g/mol. The lowest BCUT2D eigenvalue weighted by molar-refractivity contribution is -0.386. The molecule has 0 aromatic heterocycles. The molecule has 160 valence electrons. The minimum absolute atomic E-state index is 0.0194. The molecular weight excluding hydrogens is 422 g/mol. The van der Waals surface area contributed by atoms with Gasteiger partial charge in [-0.05, 0) is 48.9 Å². The van der Waals surface area contributed by atoms with E-state index in [0.29, 0.717) is 5.56 Å². The maximum atomic E-state index is 12.7. The maximum Gasteiger partial charge on any atom is 0.338 e. The van der Waals surface area contributed by atoms with Crippen molar-refractivity contribution in [1.29, 1.82) is 0 Å². The molecule has 0 aliphatic rings. The first-order valence-corrected chi connectivity index (χ1v) is 10.6. The second-order valence-corrected chi connectivity index (χ2v) is 8.63. The maximum absolute atomic E-state index is 12.7. The smallest absolute Gasteiger partial charge is 0.338 e. The quantitative estimate of drug-likeness (QED) is 0.308. The molecule has 0 radical (unpaired) electrons. The number of methoxy groups -OCH3 is 1. The second-order valence-electron chi connectivity index (χ2n) is 6.68. The Kier molecular flexibility index (Phi) is 6.36. The number of nitro groups is 1. The zero-order valence-corrected chi connectivity index (χ0v) is 17.6. The Morgan fingerprint density at radius 2 is 1.55 bits per heavy atom. The molecule has 8 nitrogen and oxygen atoms in total. The molecular formula is C22H19NO7S. The van der Waals surface area contributed by atoms with Crippen molar-refractivity contribution in [3.63, 3.8) is 0 Å². The van der Waals surface area contributed by atoms with Crippen molar-refractivity contribution in [2.75, 3.05) is 7.11 Å². The van der Waals surface area contributed by atoms with Crippen molar-refractivity contribution >= 4 is 21.5 Å². The van der Waals surface area contributed by atoms with Crippen LogP contribution in [0.2, 0.25) is 0 Å². The fourth-order valence-electron chi connectivity index (χ4n) is 2.81. The zero-order chi connectivity index (χ0) is 22.6. The molecule has 0 bridgehead atoms. The Balaban J connectivity index is 1.77. The number of rotatable bonds is 7. The number of sulfone groups is 1. The fraction of sp³-hybridized carbons (Fsp3) is 0.136. The lowest BCUT2D eigenvalue weighted by Gasteiger charge is -2.09. The minimum atomic E-state index is -3.65. The molecule has 0 unspecified atom stereocenters. The number of esters is 1. The van der Waals surface area contributed by atoms with Gasteiger partial charge < -0.3 is 9.47 Å². The van der Waals surface area contributed by atoms with E-state index in [1.807, 2.05) is 6.92 Å². The zero-order valence-electron chi connectivity index (χ0n) is 16.8. The fourth-order valence-corrected chi connectivity index (χ4v) is 4.07. The van der Waals surface area contributed by atoms with Crippen LogP contribution in [0.5, 0.6) is 5.75 Å². The number of nitro benzene ring substituents is 1. The predicted octanol–water partition coefficient (Wildman–Crippen LogP) is 4.10. The third kappa shape index (κ3) is 4.89. The second kappa shape index (κ2) is 8.97. The molecule has 3 aromatic rings. The van der Waals surface area contributed by atoms with Gasteiger partial charge in [-0.15, -0.1) is 0 Å². The van der Waals surface area contributed by atoms with Crippen molar-refractivity contribution in [2.24, 2.45) is 0 Å². The van der Waals surface area contributed by atoms with Gasteiger partial charge in [0.1, 0.15) is 6.61 Å².